The quantitative estimate of drug-likeness (QED) is 0.877. The van der Waals surface area contributed by atoms with Crippen LogP contribution in [0.15, 0.2) is 30.3 Å². The van der Waals surface area contributed by atoms with Gasteiger partial charge in [0.15, 0.2) is 5.82 Å². The molecular weight excluding hydrogens is 286 g/mol. The number of carbonyl (C=O) groups excluding carboxylic acids is 1. The summed E-state index contributed by atoms with van der Waals surface area (Å²) in [6.45, 7) is 6.09. The molecule has 0 bridgehead atoms. The molecule has 1 aromatic heterocycles. The van der Waals surface area contributed by atoms with Crippen molar-refractivity contribution in [2.45, 2.75) is 33.1 Å². The number of rotatable bonds is 5. The van der Waals surface area contributed by atoms with Crippen molar-refractivity contribution < 1.29 is 4.79 Å². The van der Waals surface area contributed by atoms with Crippen molar-refractivity contribution in [3.05, 3.63) is 46.6 Å². The zero-order valence-electron chi connectivity index (χ0n) is 12.5. The maximum atomic E-state index is 12.5. The summed E-state index contributed by atoms with van der Waals surface area (Å²) in [5.74, 6) is 0.456. The monoisotopic (exact) mass is 305 g/mol. The van der Waals surface area contributed by atoms with Crippen LogP contribution >= 0.6 is 11.6 Å². The lowest BCUT2D eigenvalue weighted by atomic mass is 9.87. The SMILES string of the molecule is CCc1cc(NC(=O)C(c2ccc(Cl)cc2)C(C)C)n[nH]1. The molecule has 2 rings (SSSR count). The number of aryl methyl sites for hydroxylation is 1. The van der Waals surface area contributed by atoms with Gasteiger partial charge in [-0.25, -0.2) is 0 Å². The van der Waals surface area contributed by atoms with Gasteiger partial charge >= 0.3 is 0 Å². The highest BCUT2D eigenvalue weighted by molar-refractivity contribution is 6.30. The van der Waals surface area contributed by atoms with Crippen molar-refractivity contribution in [2.75, 3.05) is 5.32 Å². The normalized spacial score (nSPS) is 12.4. The lowest BCUT2D eigenvalue weighted by Crippen LogP contribution is -2.25. The number of nitrogens with zero attached hydrogens (tertiary/aromatic N) is 1. The van der Waals surface area contributed by atoms with E-state index in [9.17, 15) is 4.79 Å². The van der Waals surface area contributed by atoms with E-state index in [1.54, 1.807) is 0 Å². The second-order valence-corrected chi connectivity index (χ2v) is 5.83. The predicted octanol–water partition coefficient (Wildman–Crippen LogP) is 4.00. The summed E-state index contributed by atoms with van der Waals surface area (Å²) in [7, 11) is 0. The number of anilines is 1. The molecule has 2 aromatic rings. The molecule has 1 unspecified atom stereocenters. The Balaban J connectivity index is 2.17. The highest BCUT2D eigenvalue weighted by Gasteiger charge is 2.24. The molecule has 0 fully saturated rings. The van der Waals surface area contributed by atoms with E-state index in [2.05, 4.69) is 15.5 Å². The molecule has 1 aromatic carbocycles. The molecule has 2 N–H and O–H groups in total. The van der Waals surface area contributed by atoms with Gasteiger partial charge in [0.2, 0.25) is 5.91 Å². The number of carbonyl (C=O) groups is 1. The number of nitrogens with one attached hydrogen (secondary N) is 2. The number of halogens is 1. The molecule has 0 radical (unpaired) electrons. The van der Waals surface area contributed by atoms with E-state index >= 15 is 0 Å². The minimum absolute atomic E-state index is 0.0542. The first-order chi connectivity index (χ1) is 10.0. The van der Waals surface area contributed by atoms with E-state index in [0.29, 0.717) is 10.8 Å². The van der Waals surface area contributed by atoms with Crippen molar-refractivity contribution >= 4 is 23.3 Å². The molecule has 0 aliphatic heterocycles. The van der Waals surface area contributed by atoms with Crippen LogP contribution in [0.4, 0.5) is 5.82 Å². The first-order valence-corrected chi connectivity index (χ1v) is 7.49. The van der Waals surface area contributed by atoms with Crippen LogP contribution in [-0.2, 0) is 11.2 Å². The predicted molar refractivity (Wildman–Crippen MR) is 85.6 cm³/mol. The van der Waals surface area contributed by atoms with E-state index in [-0.39, 0.29) is 17.7 Å². The average molecular weight is 306 g/mol. The maximum Gasteiger partial charge on any atom is 0.233 e. The zero-order chi connectivity index (χ0) is 15.4. The van der Waals surface area contributed by atoms with Gasteiger partial charge in [0.05, 0.1) is 5.92 Å². The van der Waals surface area contributed by atoms with Gasteiger partial charge < -0.3 is 5.32 Å². The number of aromatic amines is 1. The van der Waals surface area contributed by atoms with Gasteiger partial charge in [0.1, 0.15) is 0 Å². The third-order valence-corrected chi connectivity index (χ3v) is 3.69. The Morgan fingerprint density at radius 3 is 2.52 bits per heavy atom. The smallest absolute Gasteiger partial charge is 0.233 e. The summed E-state index contributed by atoms with van der Waals surface area (Å²) in [6, 6.07) is 9.27. The highest BCUT2D eigenvalue weighted by atomic mass is 35.5. The summed E-state index contributed by atoms with van der Waals surface area (Å²) < 4.78 is 0. The van der Waals surface area contributed by atoms with Crippen LogP contribution in [0.2, 0.25) is 5.02 Å². The number of H-pyrrole nitrogens is 1. The van der Waals surface area contributed by atoms with Gasteiger partial charge in [-0.15, -0.1) is 0 Å². The molecule has 4 nitrogen and oxygen atoms in total. The third-order valence-electron chi connectivity index (χ3n) is 3.44. The van der Waals surface area contributed by atoms with Crippen LogP contribution in [-0.4, -0.2) is 16.1 Å². The number of amides is 1. The second-order valence-electron chi connectivity index (χ2n) is 5.39. The van der Waals surface area contributed by atoms with Gasteiger partial charge in [-0.2, -0.15) is 5.10 Å². The molecular formula is C16H20ClN3O. The first kappa shape index (κ1) is 15.6. The minimum Gasteiger partial charge on any atom is -0.309 e. The molecule has 0 aliphatic carbocycles. The summed E-state index contributed by atoms with van der Waals surface area (Å²) in [5, 5.41) is 10.5. The van der Waals surface area contributed by atoms with E-state index in [1.165, 1.54) is 0 Å². The topological polar surface area (TPSA) is 57.8 Å². The van der Waals surface area contributed by atoms with E-state index in [0.717, 1.165) is 17.7 Å². The third kappa shape index (κ3) is 3.85. The lowest BCUT2D eigenvalue weighted by molar-refractivity contribution is -0.118. The molecule has 1 heterocycles. The van der Waals surface area contributed by atoms with Crippen LogP contribution in [0.1, 0.15) is 37.9 Å². The first-order valence-electron chi connectivity index (χ1n) is 7.12. The number of hydrogen-bond donors (Lipinski definition) is 2. The summed E-state index contributed by atoms with van der Waals surface area (Å²) in [5.41, 5.74) is 1.95. The number of benzene rings is 1. The maximum absolute atomic E-state index is 12.5. The van der Waals surface area contributed by atoms with E-state index in [1.807, 2.05) is 51.1 Å². The Labute approximate surface area is 129 Å². The fourth-order valence-electron chi connectivity index (χ4n) is 2.32. The van der Waals surface area contributed by atoms with Crippen molar-refractivity contribution in [1.82, 2.24) is 10.2 Å². The summed E-state index contributed by atoms with van der Waals surface area (Å²) in [6.07, 6.45) is 0.855. The molecule has 112 valence electrons. The van der Waals surface area contributed by atoms with Crippen LogP contribution < -0.4 is 5.32 Å². The fraction of sp³-hybridized carbons (Fsp3) is 0.375. The average Bonchev–Trinajstić information content (AvgIpc) is 2.88. The molecule has 1 amide bonds. The molecule has 5 heteroatoms. The Morgan fingerprint density at radius 2 is 2.00 bits per heavy atom. The Bertz CT molecular complexity index is 604. The van der Waals surface area contributed by atoms with Gasteiger partial charge in [0, 0.05) is 16.8 Å². The van der Waals surface area contributed by atoms with Crippen LogP contribution in [0.5, 0.6) is 0 Å². The van der Waals surface area contributed by atoms with Crippen LogP contribution in [0.3, 0.4) is 0 Å². The van der Waals surface area contributed by atoms with Gasteiger partial charge in [-0.1, -0.05) is 44.5 Å². The summed E-state index contributed by atoms with van der Waals surface area (Å²) >= 11 is 5.91. The zero-order valence-corrected chi connectivity index (χ0v) is 13.2. The van der Waals surface area contributed by atoms with Gasteiger partial charge in [0.25, 0.3) is 0 Å². The van der Waals surface area contributed by atoms with E-state index in [4.69, 9.17) is 11.6 Å². The Hall–Kier alpha value is -1.81. The molecule has 1 atom stereocenters. The number of aromatic nitrogens is 2. The largest absolute Gasteiger partial charge is 0.309 e. The van der Waals surface area contributed by atoms with Crippen LogP contribution in [0, 0.1) is 5.92 Å². The molecule has 0 saturated carbocycles. The summed E-state index contributed by atoms with van der Waals surface area (Å²) in [4.78, 5) is 12.5. The molecule has 0 saturated heterocycles. The van der Waals surface area contributed by atoms with Crippen molar-refractivity contribution in [2.24, 2.45) is 5.92 Å². The lowest BCUT2D eigenvalue weighted by Gasteiger charge is -2.20. The standard InChI is InChI=1S/C16H20ClN3O/c1-4-13-9-14(20-19-13)18-16(21)15(10(2)3)11-5-7-12(17)8-6-11/h5-10,15H,4H2,1-3H3,(H2,18,19,20,21). The van der Waals surface area contributed by atoms with Crippen molar-refractivity contribution in [1.29, 1.82) is 0 Å². The second kappa shape index (κ2) is 6.76. The Kier molecular flexibility index (Phi) is 5.02. The van der Waals surface area contributed by atoms with Crippen molar-refractivity contribution in [3.8, 4) is 0 Å². The highest BCUT2D eigenvalue weighted by Crippen LogP contribution is 2.27. The molecule has 0 aliphatic rings. The number of hydrogen-bond acceptors (Lipinski definition) is 2. The van der Waals surface area contributed by atoms with Gasteiger partial charge in [-0.3, -0.25) is 9.89 Å². The fourth-order valence-corrected chi connectivity index (χ4v) is 2.45. The minimum atomic E-state index is -0.232. The van der Waals surface area contributed by atoms with Crippen molar-refractivity contribution in [3.63, 3.8) is 0 Å². The molecule has 0 spiro atoms. The van der Waals surface area contributed by atoms with Crippen LogP contribution in [0.25, 0.3) is 0 Å². The van der Waals surface area contributed by atoms with Gasteiger partial charge in [-0.05, 0) is 30.0 Å². The molecule has 21 heavy (non-hydrogen) atoms. The Morgan fingerprint density at radius 1 is 1.33 bits per heavy atom. The van der Waals surface area contributed by atoms with E-state index < -0.39 is 0 Å².